The van der Waals surface area contributed by atoms with Crippen molar-refractivity contribution in [2.24, 2.45) is 0 Å². The third kappa shape index (κ3) is 2.96. The van der Waals surface area contributed by atoms with Crippen molar-refractivity contribution in [1.82, 2.24) is 10.2 Å². The number of carbonyl (C=O) groups excluding carboxylic acids is 1. The summed E-state index contributed by atoms with van der Waals surface area (Å²) in [6, 6.07) is 7.77. The molecule has 2 saturated heterocycles. The SMILES string of the molecule is O=C(Cc1cccc(O)c1)NC1CCN2CCCCC12. The van der Waals surface area contributed by atoms with Crippen LogP contribution in [0.4, 0.5) is 0 Å². The summed E-state index contributed by atoms with van der Waals surface area (Å²) in [5.74, 6) is 0.280. The molecule has 20 heavy (non-hydrogen) atoms. The van der Waals surface area contributed by atoms with Crippen LogP contribution in [0.3, 0.4) is 0 Å². The number of piperidine rings is 1. The molecule has 1 aromatic carbocycles. The van der Waals surface area contributed by atoms with E-state index in [2.05, 4.69) is 10.2 Å². The molecule has 2 N–H and O–H groups in total. The molecule has 0 bridgehead atoms. The Morgan fingerprint density at radius 1 is 1.30 bits per heavy atom. The van der Waals surface area contributed by atoms with Crippen molar-refractivity contribution in [3.63, 3.8) is 0 Å². The summed E-state index contributed by atoms with van der Waals surface area (Å²) in [7, 11) is 0. The van der Waals surface area contributed by atoms with Gasteiger partial charge in [-0.3, -0.25) is 9.69 Å². The second-order valence-electron chi connectivity index (χ2n) is 5.91. The van der Waals surface area contributed by atoms with Crippen molar-refractivity contribution in [2.45, 2.75) is 44.2 Å². The number of benzene rings is 1. The first kappa shape index (κ1) is 13.4. The molecule has 0 radical (unpaired) electrons. The predicted octanol–water partition coefficient (Wildman–Crippen LogP) is 1.68. The van der Waals surface area contributed by atoms with Gasteiger partial charge >= 0.3 is 0 Å². The zero-order chi connectivity index (χ0) is 13.9. The molecule has 2 aliphatic heterocycles. The van der Waals surface area contributed by atoms with E-state index in [9.17, 15) is 9.90 Å². The van der Waals surface area contributed by atoms with E-state index in [1.54, 1.807) is 18.2 Å². The molecule has 0 saturated carbocycles. The van der Waals surface area contributed by atoms with Gasteiger partial charge in [-0.1, -0.05) is 18.6 Å². The van der Waals surface area contributed by atoms with Crippen LogP contribution in [0.1, 0.15) is 31.2 Å². The van der Waals surface area contributed by atoms with Gasteiger partial charge in [-0.15, -0.1) is 0 Å². The van der Waals surface area contributed by atoms with E-state index in [4.69, 9.17) is 0 Å². The number of nitrogens with zero attached hydrogens (tertiary/aromatic N) is 1. The number of aromatic hydroxyl groups is 1. The van der Waals surface area contributed by atoms with Crippen LogP contribution in [0.25, 0.3) is 0 Å². The Bertz CT molecular complexity index is 489. The van der Waals surface area contributed by atoms with Crippen molar-refractivity contribution in [2.75, 3.05) is 13.1 Å². The summed E-state index contributed by atoms with van der Waals surface area (Å²) in [4.78, 5) is 14.7. The molecule has 2 heterocycles. The lowest BCUT2D eigenvalue weighted by molar-refractivity contribution is -0.121. The summed E-state index contributed by atoms with van der Waals surface area (Å²) >= 11 is 0. The van der Waals surface area contributed by atoms with Crippen LogP contribution in [0, 0.1) is 0 Å². The van der Waals surface area contributed by atoms with Crippen molar-refractivity contribution < 1.29 is 9.90 Å². The van der Waals surface area contributed by atoms with Gasteiger partial charge in [0.2, 0.25) is 5.91 Å². The van der Waals surface area contributed by atoms with E-state index < -0.39 is 0 Å². The maximum absolute atomic E-state index is 12.1. The topological polar surface area (TPSA) is 52.6 Å². The third-order valence-corrected chi connectivity index (χ3v) is 4.48. The molecule has 2 unspecified atom stereocenters. The molecule has 0 aromatic heterocycles. The van der Waals surface area contributed by atoms with Gasteiger partial charge in [0, 0.05) is 18.6 Å². The molecular formula is C16H22N2O2. The molecule has 4 heteroatoms. The lowest BCUT2D eigenvalue weighted by atomic mass is 9.99. The van der Waals surface area contributed by atoms with Crippen molar-refractivity contribution in [3.8, 4) is 5.75 Å². The minimum Gasteiger partial charge on any atom is -0.508 e. The fourth-order valence-corrected chi connectivity index (χ4v) is 3.53. The van der Waals surface area contributed by atoms with E-state index in [0.29, 0.717) is 18.5 Å². The normalized spacial score (nSPS) is 26.2. The highest BCUT2D eigenvalue weighted by molar-refractivity contribution is 5.79. The summed E-state index contributed by atoms with van der Waals surface area (Å²) < 4.78 is 0. The highest BCUT2D eigenvalue weighted by Gasteiger charge is 2.36. The molecule has 4 nitrogen and oxygen atoms in total. The lowest BCUT2D eigenvalue weighted by Gasteiger charge is -2.32. The van der Waals surface area contributed by atoms with Gasteiger partial charge in [-0.05, 0) is 43.5 Å². The number of phenolic OH excluding ortho intramolecular Hbond substituents is 1. The predicted molar refractivity (Wildman–Crippen MR) is 77.6 cm³/mol. The number of amides is 1. The number of carbonyl (C=O) groups is 1. The Hall–Kier alpha value is -1.55. The number of nitrogens with one attached hydrogen (secondary N) is 1. The molecule has 3 rings (SSSR count). The molecular weight excluding hydrogens is 252 g/mol. The summed E-state index contributed by atoms with van der Waals surface area (Å²) in [6.07, 6.45) is 5.19. The largest absolute Gasteiger partial charge is 0.508 e. The Labute approximate surface area is 119 Å². The van der Waals surface area contributed by atoms with Gasteiger partial charge in [0.25, 0.3) is 0 Å². The van der Waals surface area contributed by atoms with Crippen LogP contribution >= 0.6 is 0 Å². The number of hydrogen-bond acceptors (Lipinski definition) is 3. The number of hydrogen-bond donors (Lipinski definition) is 2. The van der Waals surface area contributed by atoms with E-state index in [0.717, 1.165) is 18.5 Å². The van der Waals surface area contributed by atoms with Crippen LogP contribution in [-0.4, -0.2) is 41.1 Å². The Balaban J connectivity index is 1.56. The number of fused-ring (bicyclic) bond motifs is 1. The second kappa shape index (κ2) is 5.83. The van der Waals surface area contributed by atoms with Gasteiger partial charge in [0.1, 0.15) is 5.75 Å². The quantitative estimate of drug-likeness (QED) is 0.881. The third-order valence-electron chi connectivity index (χ3n) is 4.48. The maximum atomic E-state index is 12.1. The van der Waals surface area contributed by atoms with Gasteiger partial charge in [-0.2, -0.15) is 0 Å². The van der Waals surface area contributed by atoms with E-state index in [-0.39, 0.29) is 11.7 Å². The van der Waals surface area contributed by atoms with Crippen LogP contribution in [0.15, 0.2) is 24.3 Å². The molecule has 0 spiro atoms. The van der Waals surface area contributed by atoms with Crippen molar-refractivity contribution in [3.05, 3.63) is 29.8 Å². The van der Waals surface area contributed by atoms with E-state index in [1.165, 1.54) is 25.8 Å². The Kier molecular flexibility index (Phi) is 3.92. The molecule has 1 amide bonds. The van der Waals surface area contributed by atoms with Crippen molar-refractivity contribution in [1.29, 1.82) is 0 Å². The number of phenols is 1. The number of rotatable bonds is 3. The first-order chi connectivity index (χ1) is 9.72. The van der Waals surface area contributed by atoms with Crippen LogP contribution in [-0.2, 0) is 11.2 Å². The summed E-state index contributed by atoms with van der Waals surface area (Å²) in [5.41, 5.74) is 0.862. The summed E-state index contributed by atoms with van der Waals surface area (Å²) in [6.45, 7) is 2.30. The van der Waals surface area contributed by atoms with Crippen LogP contribution in [0.2, 0.25) is 0 Å². The zero-order valence-electron chi connectivity index (χ0n) is 11.7. The Morgan fingerprint density at radius 3 is 3.05 bits per heavy atom. The fraction of sp³-hybridized carbons (Fsp3) is 0.562. The summed E-state index contributed by atoms with van der Waals surface area (Å²) in [5, 5.41) is 12.6. The highest BCUT2D eigenvalue weighted by atomic mass is 16.3. The van der Waals surface area contributed by atoms with E-state index in [1.807, 2.05) is 6.07 Å². The maximum Gasteiger partial charge on any atom is 0.224 e. The van der Waals surface area contributed by atoms with Gasteiger partial charge < -0.3 is 10.4 Å². The highest BCUT2D eigenvalue weighted by Crippen LogP contribution is 2.27. The van der Waals surface area contributed by atoms with E-state index >= 15 is 0 Å². The molecule has 2 fully saturated rings. The van der Waals surface area contributed by atoms with Crippen molar-refractivity contribution >= 4 is 5.91 Å². The van der Waals surface area contributed by atoms with Crippen LogP contribution < -0.4 is 5.32 Å². The smallest absolute Gasteiger partial charge is 0.224 e. The fourth-order valence-electron chi connectivity index (χ4n) is 3.53. The lowest BCUT2D eigenvalue weighted by Crippen LogP contribution is -2.47. The van der Waals surface area contributed by atoms with Gasteiger partial charge in [0.05, 0.1) is 6.42 Å². The van der Waals surface area contributed by atoms with Gasteiger partial charge in [0.15, 0.2) is 0 Å². The Morgan fingerprint density at radius 2 is 2.20 bits per heavy atom. The first-order valence-corrected chi connectivity index (χ1v) is 7.54. The average molecular weight is 274 g/mol. The van der Waals surface area contributed by atoms with Gasteiger partial charge in [-0.25, -0.2) is 0 Å². The molecule has 1 aromatic rings. The first-order valence-electron chi connectivity index (χ1n) is 7.54. The standard InChI is InChI=1S/C16H22N2O2/c19-13-5-3-4-12(10-13)11-16(20)17-14-7-9-18-8-2-1-6-15(14)18/h3-5,10,14-15,19H,1-2,6-9,11H2,(H,17,20). The average Bonchev–Trinajstić information content (AvgIpc) is 2.82. The minimum absolute atomic E-state index is 0.0630. The zero-order valence-corrected chi connectivity index (χ0v) is 11.7. The molecule has 108 valence electrons. The minimum atomic E-state index is 0.0630. The monoisotopic (exact) mass is 274 g/mol. The molecule has 2 aliphatic rings. The van der Waals surface area contributed by atoms with Crippen LogP contribution in [0.5, 0.6) is 5.75 Å². The molecule has 2 atom stereocenters. The second-order valence-corrected chi connectivity index (χ2v) is 5.91. The molecule has 0 aliphatic carbocycles.